The number of fused-ring (bicyclic) bond motifs is 1. The first kappa shape index (κ1) is 11.4. The fourth-order valence-electron chi connectivity index (χ4n) is 2.61. The minimum atomic E-state index is 0.448. The second-order valence-corrected chi connectivity index (χ2v) is 5.01. The van der Waals surface area contributed by atoms with Gasteiger partial charge in [-0.05, 0) is 30.9 Å². The quantitative estimate of drug-likeness (QED) is 0.894. The van der Waals surface area contributed by atoms with Crippen molar-refractivity contribution in [1.82, 2.24) is 20.1 Å². The maximum Gasteiger partial charge on any atom is 0.164 e. The van der Waals surface area contributed by atoms with E-state index in [1.54, 1.807) is 11.0 Å². The maximum absolute atomic E-state index is 4.29. The smallest absolute Gasteiger partial charge is 0.164 e. The van der Waals surface area contributed by atoms with Gasteiger partial charge in [-0.25, -0.2) is 4.98 Å². The van der Waals surface area contributed by atoms with E-state index in [2.05, 4.69) is 40.5 Å². The number of hydrogen-bond acceptors (Lipinski definition) is 3. The molecule has 1 atom stereocenters. The Hall–Kier alpha value is -1.68. The molecule has 2 aromatic rings. The van der Waals surface area contributed by atoms with Gasteiger partial charge in [0.25, 0.3) is 0 Å². The summed E-state index contributed by atoms with van der Waals surface area (Å²) in [6.07, 6.45) is 4.08. The molecule has 94 valence electrons. The van der Waals surface area contributed by atoms with Crippen molar-refractivity contribution in [2.45, 2.75) is 32.4 Å². The lowest BCUT2D eigenvalue weighted by Gasteiger charge is -2.13. The molecule has 1 N–H and O–H groups in total. The van der Waals surface area contributed by atoms with E-state index in [9.17, 15) is 0 Å². The van der Waals surface area contributed by atoms with Gasteiger partial charge >= 0.3 is 0 Å². The van der Waals surface area contributed by atoms with Gasteiger partial charge in [0.2, 0.25) is 0 Å². The Morgan fingerprint density at radius 3 is 3.11 bits per heavy atom. The molecular weight excluding hydrogens is 224 g/mol. The molecule has 0 saturated carbocycles. The zero-order valence-corrected chi connectivity index (χ0v) is 10.8. The summed E-state index contributed by atoms with van der Waals surface area (Å²) in [6, 6.07) is 7.20. The molecule has 1 heterocycles. The summed E-state index contributed by atoms with van der Waals surface area (Å²) in [5.74, 6) is 0.860. The standard InChI is InChI=1S/C14H18N4/c1-10-3-4-11-5-6-13(12(11)7-10)15-8-14-16-9-18(2)17-14/h3-4,7,9,13,15H,5-6,8H2,1-2H3. The lowest BCUT2D eigenvalue weighted by molar-refractivity contribution is 0.517. The summed E-state index contributed by atoms with van der Waals surface area (Å²) in [4.78, 5) is 4.24. The summed E-state index contributed by atoms with van der Waals surface area (Å²) in [7, 11) is 1.89. The number of benzene rings is 1. The molecule has 0 spiro atoms. The Bertz CT molecular complexity index is 559. The Kier molecular flexibility index (Phi) is 2.88. The van der Waals surface area contributed by atoms with E-state index in [0.29, 0.717) is 6.04 Å². The molecule has 0 amide bonds. The fraction of sp³-hybridized carbons (Fsp3) is 0.429. The van der Waals surface area contributed by atoms with Gasteiger partial charge in [0.1, 0.15) is 6.33 Å². The van der Waals surface area contributed by atoms with Gasteiger partial charge < -0.3 is 5.32 Å². The molecule has 4 nitrogen and oxygen atoms in total. The van der Waals surface area contributed by atoms with E-state index in [4.69, 9.17) is 0 Å². The van der Waals surface area contributed by atoms with Crippen LogP contribution in [0, 0.1) is 6.92 Å². The van der Waals surface area contributed by atoms with Crippen LogP contribution in [-0.2, 0) is 20.0 Å². The van der Waals surface area contributed by atoms with E-state index in [-0.39, 0.29) is 0 Å². The fourth-order valence-corrected chi connectivity index (χ4v) is 2.61. The summed E-state index contributed by atoms with van der Waals surface area (Å²) in [5, 5.41) is 7.84. The van der Waals surface area contributed by atoms with Crippen molar-refractivity contribution in [3.8, 4) is 0 Å². The molecule has 4 heteroatoms. The number of aromatic nitrogens is 3. The molecule has 1 unspecified atom stereocenters. The van der Waals surface area contributed by atoms with Crippen LogP contribution < -0.4 is 5.32 Å². The van der Waals surface area contributed by atoms with Crippen LogP contribution in [0.15, 0.2) is 24.5 Å². The van der Waals surface area contributed by atoms with Gasteiger partial charge in [0.05, 0.1) is 6.54 Å². The molecule has 1 aliphatic carbocycles. The third kappa shape index (κ3) is 2.16. The number of rotatable bonds is 3. The first-order valence-electron chi connectivity index (χ1n) is 6.40. The van der Waals surface area contributed by atoms with Crippen LogP contribution in [0.1, 0.15) is 35.0 Å². The van der Waals surface area contributed by atoms with Gasteiger partial charge in [-0.3, -0.25) is 4.68 Å². The first-order valence-corrected chi connectivity index (χ1v) is 6.40. The highest BCUT2D eigenvalue weighted by molar-refractivity contribution is 5.37. The van der Waals surface area contributed by atoms with Gasteiger partial charge in [0.15, 0.2) is 5.82 Å². The van der Waals surface area contributed by atoms with E-state index in [0.717, 1.165) is 12.4 Å². The van der Waals surface area contributed by atoms with E-state index < -0.39 is 0 Å². The molecule has 0 aliphatic heterocycles. The van der Waals surface area contributed by atoms with Gasteiger partial charge in [-0.1, -0.05) is 23.8 Å². The molecular formula is C14H18N4. The van der Waals surface area contributed by atoms with Crippen LogP contribution >= 0.6 is 0 Å². The molecule has 3 rings (SSSR count). The Morgan fingerprint density at radius 2 is 2.33 bits per heavy atom. The molecule has 0 saturated heterocycles. The summed E-state index contributed by atoms with van der Waals surface area (Å²) in [5.41, 5.74) is 4.26. The van der Waals surface area contributed by atoms with Crippen molar-refractivity contribution < 1.29 is 0 Å². The lowest BCUT2D eigenvalue weighted by atomic mass is 10.1. The highest BCUT2D eigenvalue weighted by Crippen LogP contribution is 2.31. The zero-order valence-electron chi connectivity index (χ0n) is 10.8. The van der Waals surface area contributed by atoms with Crippen LogP contribution in [0.25, 0.3) is 0 Å². The van der Waals surface area contributed by atoms with Crippen molar-refractivity contribution in [3.05, 3.63) is 47.0 Å². The van der Waals surface area contributed by atoms with Crippen molar-refractivity contribution >= 4 is 0 Å². The van der Waals surface area contributed by atoms with Crippen LogP contribution in [0.2, 0.25) is 0 Å². The monoisotopic (exact) mass is 242 g/mol. The highest BCUT2D eigenvalue weighted by atomic mass is 15.3. The molecule has 1 aromatic carbocycles. The molecule has 18 heavy (non-hydrogen) atoms. The summed E-state index contributed by atoms with van der Waals surface area (Å²) in [6.45, 7) is 2.88. The van der Waals surface area contributed by atoms with Crippen LogP contribution in [0.3, 0.4) is 0 Å². The van der Waals surface area contributed by atoms with Crippen LogP contribution in [0.4, 0.5) is 0 Å². The maximum atomic E-state index is 4.29. The third-order valence-electron chi connectivity index (χ3n) is 3.53. The lowest BCUT2D eigenvalue weighted by Crippen LogP contribution is -2.19. The SMILES string of the molecule is Cc1ccc2c(c1)C(NCc1ncn(C)n1)CC2. The zero-order chi connectivity index (χ0) is 12.5. The van der Waals surface area contributed by atoms with Crippen molar-refractivity contribution in [1.29, 1.82) is 0 Å². The molecule has 0 bridgehead atoms. The predicted molar refractivity (Wildman–Crippen MR) is 70.1 cm³/mol. The second-order valence-electron chi connectivity index (χ2n) is 5.01. The van der Waals surface area contributed by atoms with Crippen molar-refractivity contribution in [3.63, 3.8) is 0 Å². The summed E-state index contributed by atoms with van der Waals surface area (Å²) < 4.78 is 1.74. The topological polar surface area (TPSA) is 42.7 Å². The Labute approximate surface area is 107 Å². The molecule has 1 aliphatic rings. The van der Waals surface area contributed by atoms with Crippen LogP contribution in [-0.4, -0.2) is 14.8 Å². The molecule has 0 radical (unpaired) electrons. The summed E-state index contributed by atoms with van der Waals surface area (Å²) >= 11 is 0. The van der Waals surface area contributed by atoms with Gasteiger partial charge in [-0.2, -0.15) is 5.10 Å². The number of aryl methyl sites for hydroxylation is 3. The Balaban J connectivity index is 1.71. The van der Waals surface area contributed by atoms with Crippen molar-refractivity contribution in [2.24, 2.45) is 7.05 Å². The van der Waals surface area contributed by atoms with E-state index >= 15 is 0 Å². The number of nitrogens with zero attached hydrogens (tertiary/aromatic N) is 3. The minimum Gasteiger partial charge on any atom is -0.303 e. The highest BCUT2D eigenvalue weighted by Gasteiger charge is 2.22. The van der Waals surface area contributed by atoms with Crippen molar-refractivity contribution in [2.75, 3.05) is 0 Å². The second kappa shape index (κ2) is 4.53. The Morgan fingerprint density at radius 1 is 1.44 bits per heavy atom. The normalized spacial score (nSPS) is 18.0. The first-order chi connectivity index (χ1) is 8.72. The number of hydrogen-bond donors (Lipinski definition) is 1. The number of nitrogens with one attached hydrogen (secondary N) is 1. The van der Waals surface area contributed by atoms with E-state index in [1.807, 2.05) is 7.05 Å². The average molecular weight is 242 g/mol. The van der Waals surface area contributed by atoms with E-state index in [1.165, 1.54) is 29.5 Å². The average Bonchev–Trinajstić information content (AvgIpc) is 2.93. The molecule has 0 fully saturated rings. The van der Waals surface area contributed by atoms with Crippen LogP contribution in [0.5, 0.6) is 0 Å². The van der Waals surface area contributed by atoms with Gasteiger partial charge in [-0.15, -0.1) is 0 Å². The minimum absolute atomic E-state index is 0.448. The molecule has 1 aromatic heterocycles. The predicted octanol–water partition coefficient (Wildman–Crippen LogP) is 1.90. The van der Waals surface area contributed by atoms with Gasteiger partial charge in [0, 0.05) is 13.1 Å². The third-order valence-corrected chi connectivity index (χ3v) is 3.53. The largest absolute Gasteiger partial charge is 0.303 e.